The van der Waals surface area contributed by atoms with Gasteiger partial charge in [-0.25, -0.2) is 0 Å². The van der Waals surface area contributed by atoms with Gasteiger partial charge in [-0.1, -0.05) is 6.92 Å². The van der Waals surface area contributed by atoms with Crippen molar-refractivity contribution in [1.82, 2.24) is 10.2 Å². The van der Waals surface area contributed by atoms with Crippen molar-refractivity contribution in [2.45, 2.75) is 64.1 Å². The summed E-state index contributed by atoms with van der Waals surface area (Å²) in [5, 5.41) is 2.77. The van der Waals surface area contributed by atoms with Crippen LogP contribution in [-0.4, -0.2) is 47.6 Å². The first-order chi connectivity index (χ1) is 8.99. The van der Waals surface area contributed by atoms with E-state index in [4.69, 9.17) is 4.74 Å². The molecule has 108 valence electrons. The van der Waals surface area contributed by atoms with Gasteiger partial charge in [-0.15, -0.1) is 0 Å². The van der Waals surface area contributed by atoms with Crippen LogP contribution in [0.15, 0.2) is 0 Å². The maximum atomic E-state index is 12.3. The molecule has 0 aliphatic carbocycles. The van der Waals surface area contributed by atoms with Crippen molar-refractivity contribution in [2.24, 2.45) is 0 Å². The standard InChI is InChI=1S/C14H24N2O3/c1-4-14(3)13(18)15-10(2)12(17)16(14)8-7-11-6-5-9-19-11/h10-11H,4-9H2,1-3H3,(H,15,18). The van der Waals surface area contributed by atoms with Crippen LogP contribution < -0.4 is 5.32 Å². The lowest BCUT2D eigenvalue weighted by molar-refractivity contribution is -0.156. The van der Waals surface area contributed by atoms with Crippen molar-refractivity contribution >= 4 is 11.8 Å². The van der Waals surface area contributed by atoms with E-state index in [-0.39, 0.29) is 17.9 Å². The third kappa shape index (κ3) is 2.61. The third-order valence-corrected chi connectivity index (χ3v) is 4.46. The summed E-state index contributed by atoms with van der Waals surface area (Å²) < 4.78 is 5.60. The highest BCUT2D eigenvalue weighted by Gasteiger charge is 2.46. The molecule has 5 nitrogen and oxygen atoms in total. The molecule has 0 aromatic heterocycles. The van der Waals surface area contributed by atoms with E-state index in [9.17, 15) is 9.59 Å². The van der Waals surface area contributed by atoms with Crippen LogP contribution in [0, 0.1) is 0 Å². The fourth-order valence-electron chi connectivity index (χ4n) is 2.87. The van der Waals surface area contributed by atoms with Gasteiger partial charge in [0.1, 0.15) is 11.6 Å². The van der Waals surface area contributed by atoms with E-state index in [1.807, 2.05) is 13.8 Å². The molecule has 3 unspecified atom stereocenters. The number of carbonyl (C=O) groups is 2. The zero-order valence-electron chi connectivity index (χ0n) is 12.1. The summed E-state index contributed by atoms with van der Waals surface area (Å²) in [4.78, 5) is 26.2. The normalized spacial score (nSPS) is 35.6. The second-order valence-electron chi connectivity index (χ2n) is 5.74. The second kappa shape index (κ2) is 5.49. The summed E-state index contributed by atoms with van der Waals surface area (Å²) in [7, 11) is 0. The Balaban J connectivity index is 2.07. The molecule has 5 heteroatoms. The maximum absolute atomic E-state index is 12.3. The largest absolute Gasteiger partial charge is 0.378 e. The van der Waals surface area contributed by atoms with Gasteiger partial charge in [0, 0.05) is 13.2 Å². The summed E-state index contributed by atoms with van der Waals surface area (Å²) >= 11 is 0. The molecule has 1 N–H and O–H groups in total. The molecule has 0 saturated carbocycles. The lowest BCUT2D eigenvalue weighted by Crippen LogP contribution is -2.68. The average Bonchev–Trinajstić information content (AvgIpc) is 2.89. The van der Waals surface area contributed by atoms with Crippen molar-refractivity contribution in [3.63, 3.8) is 0 Å². The molecule has 0 aromatic carbocycles. The van der Waals surface area contributed by atoms with Gasteiger partial charge in [-0.05, 0) is 39.5 Å². The van der Waals surface area contributed by atoms with Crippen LogP contribution in [0.5, 0.6) is 0 Å². The van der Waals surface area contributed by atoms with Gasteiger partial charge in [-0.3, -0.25) is 9.59 Å². The van der Waals surface area contributed by atoms with Gasteiger partial charge in [0.15, 0.2) is 0 Å². The van der Waals surface area contributed by atoms with E-state index in [0.29, 0.717) is 13.0 Å². The molecule has 2 aliphatic heterocycles. The number of hydrogen-bond donors (Lipinski definition) is 1. The van der Waals surface area contributed by atoms with E-state index in [0.717, 1.165) is 25.9 Å². The van der Waals surface area contributed by atoms with Crippen LogP contribution in [0.1, 0.15) is 46.5 Å². The average molecular weight is 268 g/mol. The van der Waals surface area contributed by atoms with E-state index < -0.39 is 11.6 Å². The Kier molecular flexibility index (Phi) is 4.13. The van der Waals surface area contributed by atoms with E-state index >= 15 is 0 Å². The highest BCUT2D eigenvalue weighted by molar-refractivity contribution is 5.99. The minimum Gasteiger partial charge on any atom is -0.378 e. The van der Waals surface area contributed by atoms with Crippen LogP contribution in [0.25, 0.3) is 0 Å². The Labute approximate surface area is 114 Å². The molecule has 0 spiro atoms. The number of nitrogens with zero attached hydrogens (tertiary/aromatic N) is 1. The van der Waals surface area contributed by atoms with Crippen molar-refractivity contribution in [2.75, 3.05) is 13.2 Å². The van der Waals surface area contributed by atoms with Crippen LogP contribution in [0.4, 0.5) is 0 Å². The maximum Gasteiger partial charge on any atom is 0.246 e. The van der Waals surface area contributed by atoms with Crippen LogP contribution in [-0.2, 0) is 14.3 Å². The second-order valence-corrected chi connectivity index (χ2v) is 5.74. The predicted octanol–water partition coefficient (Wildman–Crippen LogP) is 1.07. The van der Waals surface area contributed by atoms with Gasteiger partial charge in [-0.2, -0.15) is 0 Å². The van der Waals surface area contributed by atoms with Gasteiger partial charge < -0.3 is 15.0 Å². The SMILES string of the molecule is CCC1(C)C(=O)NC(C)C(=O)N1CCC1CCCO1. The molecule has 0 aromatic rings. The number of ether oxygens (including phenoxy) is 1. The molecule has 2 saturated heterocycles. The molecule has 0 radical (unpaired) electrons. The fourth-order valence-corrected chi connectivity index (χ4v) is 2.87. The first-order valence-electron chi connectivity index (χ1n) is 7.23. The van der Waals surface area contributed by atoms with Crippen LogP contribution in [0.3, 0.4) is 0 Å². The van der Waals surface area contributed by atoms with Gasteiger partial charge in [0.2, 0.25) is 11.8 Å². The Morgan fingerprint density at radius 3 is 2.79 bits per heavy atom. The molecular formula is C14H24N2O3. The molecule has 2 rings (SSSR count). The first kappa shape index (κ1) is 14.3. The summed E-state index contributed by atoms with van der Waals surface area (Å²) in [6, 6.07) is -0.420. The fraction of sp³-hybridized carbons (Fsp3) is 0.857. The predicted molar refractivity (Wildman–Crippen MR) is 71.6 cm³/mol. The van der Waals surface area contributed by atoms with Crippen LogP contribution >= 0.6 is 0 Å². The minimum absolute atomic E-state index is 0.0157. The quantitative estimate of drug-likeness (QED) is 0.829. The molecule has 19 heavy (non-hydrogen) atoms. The number of piperazine rings is 1. The number of rotatable bonds is 4. The molecule has 3 atom stereocenters. The molecule has 2 heterocycles. The van der Waals surface area contributed by atoms with Crippen molar-refractivity contribution in [3.8, 4) is 0 Å². The van der Waals surface area contributed by atoms with Crippen molar-refractivity contribution < 1.29 is 14.3 Å². The smallest absolute Gasteiger partial charge is 0.246 e. The molecule has 2 amide bonds. The van der Waals surface area contributed by atoms with Gasteiger partial charge in [0.25, 0.3) is 0 Å². The number of nitrogens with one attached hydrogen (secondary N) is 1. The lowest BCUT2D eigenvalue weighted by atomic mass is 9.90. The van der Waals surface area contributed by atoms with E-state index in [2.05, 4.69) is 5.32 Å². The summed E-state index contributed by atoms with van der Waals surface area (Å²) in [5.41, 5.74) is -0.720. The summed E-state index contributed by atoms with van der Waals surface area (Å²) in [5.74, 6) is -0.0311. The van der Waals surface area contributed by atoms with Gasteiger partial charge in [0.05, 0.1) is 6.10 Å². The Hall–Kier alpha value is -1.10. The number of hydrogen-bond acceptors (Lipinski definition) is 3. The summed E-state index contributed by atoms with van der Waals surface area (Å²) in [6.07, 6.45) is 3.85. The molecule has 0 bridgehead atoms. The lowest BCUT2D eigenvalue weighted by Gasteiger charge is -2.45. The topological polar surface area (TPSA) is 58.6 Å². The molecule has 2 fully saturated rings. The Bertz CT molecular complexity index is 366. The van der Waals surface area contributed by atoms with Gasteiger partial charge >= 0.3 is 0 Å². The summed E-state index contributed by atoms with van der Waals surface area (Å²) in [6.45, 7) is 6.96. The highest BCUT2D eigenvalue weighted by Crippen LogP contribution is 2.26. The van der Waals surface area contributed by atoms with E-state index in [1.54, 1.807) is 11.8 Å². The Morgan fingerprint density at radius 1 is 1.47 bits per heavy atom. The zero-order chi connectivity index (χ0) is 14.0. The highest BCUT2D eigenvalue weighted by atomic mass is 16.5. The minimum atomic E-state index is -0.720. The van der Waals surface area contributed by atoms with Crippen LogP contribution in [0.2, 0.25) is 0 Å². The number of carbonyl (C=O) groups excluding carboxylic acids is 2. The number of amides is 2. The van der Waals surface area contributed by atoms with E-state index in [1.165, 1.54) is 0 Å². The monoisotopic (exact) mass is 268 g/mol. The van der Waals surface area contributed by atoms with Crippen molar-refractivity contribution in [1.29, 1.82) is 0 Å². The zero-order valence-corrected chi connectivity index (χ0v) is 12.1. The first-order valence-corrected chi connectivity index (χ1v) is 7.23. The van der Waals surface area contributed by atoms with Crippen molar-refractivity contribution in [3.05, 3.63) is 0 Å². The third-order valence-electron chi connectivity index (χ3n) is 4.46. The molecule has 2 aliphatic rings. The molecular weight excluding hydrogens is 244 g/mol. The Morgan fingerprint density at radius 2 is 2.21 bits per heavy atom.